The molecule has 32 heavy (non-hydrogen) atoms. The van der Waals surface area contributed by atoms with Crippen molar-refractivity contribution in [3.05, 3.63) is 72.2 Å². The maximum atomic E-state index is 12.9. The number of aromatic nitrogens is 2. The fourth-order valence-electron chi connectivity index (χ4n) is 3.29. The zero-order valence-electron chi connectivity index (χ0n) is 16.6. The van der Waals surface area contributed by atoms with E-state index in [1.807, 2.05) is 17.0 Å². The fraction of sp³-hybridized carbons (Fsp3) is 0.143. The molecule has 162 valence electrons. The second kappa shape index (κ2) is 8.24. The number of amides is 1. The number of anilines is 2. The van der Waals surface area contributed by atoms with Crippen LogP contribution in [0.1, 0.15) is 15.9 Å². The fourth-order valence-corrected chi connectivity index (χ4v) is 5.59. The minimum absolute atomic E-state index is 0.0271. The minimum Gasteiger partial charge on any atom is -0.485 e. The number of carbonyl (C=O) groups excluding carboxylic acids is 1. The van der Waals surface area contributed by atoms with Crippen LogP contribution in [0.2, 0.25) is 0 Å². The van der Waals surface area contributed by atoms with Gasteiger partial charge in [0.05, 0.1) is 11.4 Å². The molecule has 4 heterocycles. The summed E-state index contributed by atoms with van der Waals surface area (Å²) < 4.78 is 33.2. The van der Waals surface area contributed by atoms with E-state index < -0.39 is 10.0 Å². The summed E-state index contributed by atoms with van der Waals surface area (Å²) in [6.45, 7) is 0.659. The van der Waals surface area contributed by atoms with Crippen LogP contribution in [0.15, 0.2) is 70.3 Å². The molecule has 2 aliphatic rings. The lowest BCUT2D eigenvalue weighted by molar-refractivity contribution is 0.102. The summed E-state index contributed by atoms with van der Waals surface area (Å²) in [7, 11) is -3.43. The highest BCUT2D eigenvalue weighted by Crippen LogP contribution is 2.42. The number of sulfonamides is 1. The van der Waals surface area contributed by atoms with Gasteiger partial charge in [-0.05, 0) is 59.8 Å². The molecule has 0 spiro atoms. The van der Waals surface area contributed by atoms with Crippen molar-refractivity contribution in [2.24, 2.45) is 4.40 Å². The zero-order valence-corrected chi connectivity index (χ0v) is 18.3. The molecule has 9 nitrogen and oxygen atoms in total. The third kappa shape index (κ3) is 4.16. The monoisotopic (exact) mass is 467 g/mol. The summed E-state index contributed by atoms with van der Waals surface area (Å²) in [6, 6.07) is 12.4. The predicted octanol–water partition coefficient (Wildman–Crippen LogP) is 2.92. The molecule has 3 aromatic rings. The predicted molar refractivity (Wildman–Crippen MR) is 122 cm³/mol. The average molecular weight is 468 g/mol. The van der Waals surface area contributed by atoms with Gasteiger partial charge in [-0.1, -0.05) is 0 Å². The first kappa shape index (κ1) is 20.5. The maximum Gasteiger partial charge on any atom is 0.257 e. The molecule has 0 bridgehead atoms. The lowest BCUT2D eigenvalue weighted by atomic mass is 10.2. The number of nitrogens with one attached hydrogen (secondary N) is 1. The highest BCUT2D eigenvalue weighted by atomic mass is 32.2. The van der Waals surface area contributed by atoms with E-state index in [0.29, 0.717) is 35.5 Å². The summed E-state index contributed by atoms with van der Waals surface area (Å²) in [6.07, 6.45) is 4.94. The van der Waals surface area contributed by atoms with Gasteiger partial charge in [0.25, 0.3) is 15.9 Å². The van der Waals surface area contributed by atoms with Crippen molar-refractivity contribution >= 4 is 44.4 Å². The summed E-state index contributed by atoms with van der Waals surface area (Å²) in [5, 5.41) is 3.21. The van der Waals surface area contributed by atoms with Crippen LogP contribution in [0.5, 0.6) is 5.75 Å². The molecule has 2 aliphatic heterocycles. The Kier molecular flexibility index (Phi) is 5.27. The number of amidine groups is 1. The number of thioether (sulfide) groups is 1. The Morgan fingerprint density at radius 1 is 1.16 bits per heavy atom. The van der Waals surface area contributed by atoms with Gasteiger partial charge in [0, 0.05) is 35.6 Å². The molecule has 11 heteroatoms. The summed E-state index contributed by atoms with van der Waals surface area (Å²) >= 11 is 1.24. The van der Waals surface area contributed by atoms with Gasteiger partial charge < -0.3 is 15.0 Å². The Balaban J connectivity index is 1.33. The van der Waals surface area contributed by atoms with Crippen LogP contribution < -0.4 is 15.0 Å². The van der Waals surface area contributed by atoms with E-state index in [2.05, 4.69) is 19.7 Å². The number of hydrogen-bond donors (Lipinski definition) is 1. The van der Waals surface area contributed by atoms with Gasteiger partial charge in [-0.3, -0.25) is 9.78 Å². The Bertz CT molecular complexity index is 1330. The van der Waals surface area contributed by atoms with Gasteiger partial charge in [0.15, 0.2) is 16.7 Å². The van der Waals surface area contributed by atoms with Crippen LogP contribution in [0, 0.1) is 0 Å². The molecular formula is C21H17N5O4S2. The molecular weight excluding hydrogens is 450 g/mol. The Labute approximate surface area is 188 Å². The third-order valence-corrected chi connectivity index (χ3v) is 7.19. The van der Waals surface area contributed by atoms with Crippen molar-refractivity contribution in [2.75, 3.05) is 22.5 Å². The lowest BCUT2D eigenvalue weighted by Gasteiger charge is -2.22. The first-order valence-corrected chi connectivity index (χ1v) is 12.1. The molecule has 0 saturated carbocycles. The van der Waals surface area contributed by atoms with Gasteiger partial charge in [0.2, 0.25) is 0 Å². The zero-order chi connectivity index (χ0) is 22.1. The molecule has 0 saturated heterocycles. The van der Waals surface area contributed by atoms with Crippen LogP contribution in [0.4, 0.5) is 11.5 Å². The average Bonchev–Trinajstić information content (AvgIpc) is 3.14. The van der Waals surface area contributed by atoms with E-state index in [9.17, 15) is 13.2 Å². The SMILES string of the molecule is O=C(Nc1ncccc1OCc1ccncc1)c1ccc2c(c1)SC1=NS(=O)(=O)CCN12. The molecule has 1 N–H and O–H groups in total. The third-order valence-electron chi connectivity index (χ3n) is 4.88. The summed E-state index contributed by atoms with van der Waals surface area (Å²) in [4.78, 5) is 23.7. The number of hydrogen-bond acceptors (Lipinski definition) is 8. The van der Waals surface area contributed by atoms with Crippen LogP contribution in [0.25, 0.3) is 0 Å². The number of pyridine rings is 2. The van der Waals surface area contributed by atoms with Gasteiger partial charge >= 0.3 is 0 Å². The van der Waals surface area contributed by atoms with Crippen molar-refractivity contribution in [1.29, 1.82) is 0 Å². The number of carbonyl (C=O) groups is 1. The van der Waals surface area contributed by atoms with E-state index >= 15 is 0 Å². The van der Waals surface area contributed by atoms with Crippen LogP contribution in [-0.2, 0) is 16.6 Å². The van der Waals surface area contributed by atoms with Crippen LogP contribution in [0.3, 0.4) is 0 Å². The highest BCUT2D eigenvalue weighted by molar-refractivity contribution is 8.15. The number of rotatable bonds is 5. The molecule has 0 atom stereocenters. The van der Waals surface area contributed by atoms with Gasteiger partial charge in [-0.25, -0.2) is 13.4 Å². The first-order valence-electron chi connectivity index (χ1n) is 9.69. The second-order valence-electron chi connectivity index (χ2n) is 7.04. The summed E-state index contributed by atoms with van der Waals surface area (Å²) in [5.74, 6) is 0.388. The number of benzene rings is 1. The molecule has 5 rings (SSSR count). The molecule has 1 amide bonds. The Hall–Kier alpha value is -3.44. The van der Waals surface area contributed by atoms with Gasteiger partial charge in [-0.15, -0.1) is 4.40 Å². The van der Waals surface area contributed by atoms with E-state index in [1.54, 1.807) is 48.9 Å². The number of fused-ring (bicyclic) bond motifs is 3. The molecule has 0 unspecified atom stereocenters. The Morgan fingerprint density at radius 2 is 2.00 bits per heavy atom. The smallest absolute Gasteiger partial charge is 0.257 e. The molecule has 0 fully saturated rings. The van der Waals surface area contributed by atoms with Crippen LogP contribution in [-0.4, -0.2) is 41.8 Å². The molecule has 2 aromatic heterocycles. The van der Waals surface area contributed by atoms with Gasteiger partial charge in [-0.2, -0.15) is 0 Å². The number of ether oxygens (including phenoxy) is 1. The largest absolute Gasteiger partial charge is 0.485 e. The molecule has 0 radical (unpaired) electrons. The standard InChI is InChI=1S/C21H17N5O4S2/c27-20(24-19-17(2-1-7-23-19)30-13-14-5-8-22-9-6-14)15-3-4-16-18(12-15)31-21-25-32(28,29)11-10-26(16)21/h1-9,12H,10-11,13H2,(H,23,24,27). The topological polar surface area (TPSA) is 114 Å². The van der Waals surface area contributed by atoms with E-state index in [0.717, 1.165) is 16.1 Å². The van der Waals surface area contributed by atoms with Crippen molar-refractivity contribution < 1.29 is 17.9 Å². The van der Waals surface area contributed by atoms with Crippen molar-refractivity contribution in [2.45, 2.75) is 11.5 Å². The van der Waals surface area contributed by atoms with E-state index in [4.69, 9.17) is 4.74 Å². The normalized spacial score (nSPS) is 16.0. The highest BCUT2D eigenvalue weighted by Gasteiger charge is 2.33. The van der Waals surface area contributed by atoms with E-state index in [-0.39, 0.29) is 11.7 Å². The molecule has 0 aliphatic carbocycles. The first-order chi connectivity index (χ1) is 15.5. The van der Waals surface area contributed by atoms with Crippen molar-refractivity contribution in [1.82, 2.24) is 9.97 Å². The van der Waals surface area contributed by atoms with Crippen LogP contribution >= 0.6 is 11.8 Å². The number of nitrogens with zero attached hydrogens (tertiary/aromatic N) is 4. The van der Waals surface area contributed by atoms with E-state index in [1.165, 1.54) is 11.8 Å². The van der Waals surface area contributed by atoms with Crippen molar-refractivity contribution in [3.63, 3.8) is 0 Å². The second-order valence-corrected chi connectivity index (χ2v) is 9.81. The minimum atomic E-state index is -3.43. The lowest BCUT2D eigenvalue weighted by Crippen LogP contribution is -2.35. The maximum absolute atomic E-state index is 12.9. The summed E-state index contributed by atoms with van der Waals surface area (Å²) in [5.41, 5.74) is 2.21. The van der Waals surface area contributed by atoms with Gasteiger partial charge in [0.1, 0.15) is 6.61 Å². The van der Waals surface area contributed by atoms with Crippen molar-refractivity contribution in [3.8, 4) is 5.75 Å². The Morgan fingerprint density at radius 3 is 2.84 bits per heavy atom. The molecule has 1 aromatic carbocycles. The quantitative estimate of drug-likeness (QED) is 0.609.